The number of amides is 2. The summed E-state index contributed by atoms with van der Waals surface area (Å²) in [6.45, 7) is 6.26. The van der Waals surface area contributed by atoms with Crippen molar-refractivity contribution in [3.63, 3.8) is 0 Å². The van der Waals surface area contributed by atoms with E-state index in [4.69, 9.17) is 23.7 Å². The Morgan fingerprint density at radius 3 is 1.84 bits per heavy atom. The molecule has 5 N–H and O–H groups in total. The van der Waals surface area contributed by atoms with E-state index < -0.39 is 57.4 Å². The second-order valence-electron chi connectivity index (χ2n) is 10.6. The second-order valence-corrected chi connectivity index (χ2v) is 12.4. The average molecular weight is 746 g/mol. The second kappa shape index (κ2) is 22.7. The third-order valence-corrected chi connectivity index (χ3v) is 8.05. The fraction of sp³-hybridized carbons (Fsp3) is 0.485. The molecule has 2 rings (SSSR count). The maximum atomic E-state index is 14.6. The summed E-state index contributed by atoms with van der Waals surface area (Å²) in [5.41, 5.74) is 0.241. The molecule has 0 unspecified atom stereocenters. The Labute approximate surface area is 295 Å². The Hall–Kier alpha value is -4.04. The quantitative estimate of drug-likeness (QED) is 0.0588. The number of esters is 1. The molecule has 0 aromatic heterocycles. The van der Waals surface area contributed by atoms with Crippen LogP contribution in [0.2, 0.25) is 0 Å². The van der Waals surface area contributed by atoms with Gasteiger partial charge in [-0.05, 0) is 68.3 Å². The first-order chi connectivity index (χ1) is 24.3. The predicted octanol–water partition coefficient (Wildman–Crippen LogP) is 1.42. The standard InChI is InChI=1S/C33H45F2N3O12S/c1-4-10-36-31(41)28(39)29(40)32(42)37-11-13-46-15-17-48-18-16-47-14-12-38-51(44,45)25-8-6-24(7-9-25)50-30-26(34)20-23(21-27(30)35)19-22(3)33(43)49-5-2/h6-9,19-21,28-29,38-40H,4-5,10-18H2,1-3H3,(H,36,41)(H,37,42)/b22-19+/t28-,29-/m1/s1. The third kappa shape index (κ3) is 15.4. The molecule has 0 bridgehead atoms. The number of hydrogen-bond acceptors (Lipinski definition) is 12. The van der Waals surface area contributed by atoms with Crippen molar-refractivity contribution in [1.82, 2.24) is 15.4 Å². The van der Waals surface area contributed by atoms with Crippen molar-refractivity contribution in [2.24, 2.45) is 0 Å². The Kier molecular flexibility index (Phi) is 19.2. The highest BCUT2D eigenvalue weighted by atomic mass is 32.2. The van der Waals surface area contributed by atoms with Crippen molar-refractivity contribution in [3.8, 4) is 11.5 Å². The maximum Gasteiger partial charge on any atom is 0.333 e. The van der Waals surface area contributed by atoms with Gasteiger partial charge in [0, 0.05) is 25.2 Å². The first-order valence-corrected chi connectivity index (χ1v) is 17.6. The summed E-state index contributed by atoms with van der Waals surface area (Å²) in [7, 11) is -3.93. The number of rotatable bonds is 24. The molecule has 0 radical (unpaired) electrons. The minimum atomic E-state index is -3.93. The van der Waals surface area contributed by atoms with E-state index in [0.29, 0.717) is 13.0 Å². The van der Waals surface area contributed by atoms with Gasteiger partial charge in [-0.1, -0.05) is 6.92 Å². The zero-order chi connectivity index (χ0) is 37.8. The number of halogens is 2. The molecule has 0 aliphatic rings. The van der Waals surface area contributed by atoms with Crippen LogP contribution >= 0.6 is 0 Å². The fourth-order valence-electron chi connectivity index (χ4n) is 3.98. The van der Waals surface area contributed by atoms with Crippen LogP contribution in [0.25, 0.3) is 6.08 Å². The largest absolute Gasteiger partial charge is 0.463 e. The van der Waals surface area contributed by atoms with Crippen molar-refractivity contribution < 1.29 is 65.5 Å². The number of benzene rings is 2. The van der Waals surface area contributed by atoms with Gasteiger partial charge in [0.1, 0.15) is 5.75 Å². The maximum absolute atomic E-state index is 14.6. The highest BCUT2D eigenvalue weighted by molar-refractivity contribution is 7.89. The Morgan fingerprint density at radius 2 is 1.31 bits per heavy atom. The van der Waals surface area contributed by atoms with Crippen LogP contribution in [0.15, 0.2) is 46.9 Å². The van der Waals surface area contributed by atoms with Crippen molar-refractivity contribution in [1.29, 1.82) is 0 Å². The number of sulfonamides is 1. The first kappa shape index (κ1) is 43.1. The highest BCUT2D eigenvalue weighted by Gasteiger charge is 2.29. The molecule has 2 aromatic carbocycles. The van der Waals surface area contributed by atoms with Crippen LogP contribution in [0.5, 0.6) is 11.5 Å². The lowest BCUT2D eigenvalue weighted by Gasteiger charge is -2.17. The van der Waals surface area contributed by atoms with Crippen LogP contribution in [0.4, 0.5) is 8.78 Å². The van der Waals surface area contributed by atoms with Gasteiger partial charge in [0.15, 0.2) is 29.6 Å². The summed E-state index contributed by atoms with van der Waals surface area (Å²) in [5, 5.41) is 24.2. The van der Waals surface area contributed by atoms with E-state index in [9.17, 15) is 41.8 Å². The molecule has 2 aromatic rings. The molecular formula is C33H45F2N3O12S. The van der Waals surface area contributed by atoms with E-state index in [0.717, 1.165) is 12.1 Å². The minimum Gasteiger partial charge on any atom is -0.463 e. The van der Waals surface area contributed by atoms with Crippen molar-refractivity contribution >= 4 is 33.9 Å². The summed E-state index contributed by atoms with van der Waals surface area (Å²) >= 11 is 0. The van der Waals surface area contributed by atoms with E-state index >= 15 is 0 Å². The van der Waals surface area contributed by atoms with Crippen LogP contribution in [0.3, 0.4) is 0 Å². The minimum absolute atomic E-state index is 0.0148. The number of aliphatic hydroxyl groups is 2. The molecule has 2 atom stereocenters. The van der Waals surface area contributed by atoms with E-state index in [1.165, 1.54) is 37.3 Å². The normalized spacial score (nSPS) is 13.0. The Balaban J connectivity index is 1.62. The monoisotopic (exact) mass is 745 g/mol. The summed E-state index contributed by atoms with van der Waals surface area (Å²) in [6.07, 6.45) is -1.89. The number of carbonyl (C=O) groups excluding carboxylic acids is 3. The molecule has 2 amide bonds. The van der Waals surface area contributed by atoms with Gasteiger partial charge in [0.05, 0.1) is 51.1 Å². The van der Waals surface area contributed by atoms with Crippen molar-refractivity contribution in [2.75, 3.05) is 65.9 Å². The highest BCUT2D eigenvalue weighted by Crippen LogP contribution is 2.30. The SMILES string of the molecule is CCCNC(=O)[C@H](O)[C@@H](O)C(=O)NCCOCCOCCOCCNS(=O)(=O)c1ccc(Oc2c(F)cc(/C=C(\C)C(=O)OCC)cc2F)cc1. The van der Waals surface area contributed by atoms with E-state index in [-0.39, 0.29) is 81.1 Å². The van der Waals surface area contributed by atoms with Crippen molar-refractivity contribution in [3.05, 3.63) is 59.2 Å². The molecule has 0 aliphatic heterocycles. The lowest BCUT2D eigenvalue weighted by Crippen LogP contribution is -2.50. The Morgan fingerprint density at radius 1 is 0.804 bits per heavy atom. The molecule has 0 fully saturated rings. The van der Waals surface area contributed by atoms with Gasteiger partial charge in [-0.25, -0.2) is 26.7 Å². The predicted molar refractivity (Wildman–Crippen MR) is 179 cm³/mol. The molecule has 0 aliphatic carbocycles. The van der Waals surface area contributed by atoms with Crippen LogP contribution in [0.1, 0.15) is 32.8 Å². The molecule has 0 heterocycles. The molecule has 0 saturated carbocycles. The van der Waals surface area contributed by atoms with Crippen LogP contribution in [-0.2, 0) is 43.4 Å². The lowest BCUT2D eigenvalue weighted by atomic mass is 10.1. The van der Waals surface area contributed by atoms with E-state index in [1.54, 1.807) is 6.92 Å². The van der Waals surface area contributed by atoms with E-state index in [1.807, 2.05) is 6.92 Å². The lowest BCUT2D eigenvalue weighted by molar-refractivity contribution is -0.146. The summed E-state index contributed by atoms with van der Waals surface area (Å²) in [5.74, 6) is -5.14. The smallest absolute Gasteiger partial charge is 0.333 e. The van der Waals surface area contributed by atoms with Crippen LogP contribution in [-0.4, -0.2) is 115 Å². The first-order valence-electron chi connectivity index (χ1n) is 16.1. The number of nitrogens with one attached hydrogen (secondary N) is 3. The summed E-state index contributed by atoms with van der Waals surface area (Å²) in [4.78, 5) is 35.1. The van der Waals surface area contributed by atoms with Gasteiger partial charge in [-0.3, -0.25) is 9.59 Å². The van der Waals surface area contributed by atoms with Crippen molar-refractivity contribution in [2.45, 2.75) is 44.3 Å². The number of ether oxygens (including phenoxy) is 5. The zero-order valence-electron chi connectivity index (χ0n) is 28.6. The Bertz CT molecular complexity index is 1540. The summed E-state index contributed by atoms with van der Waals surface area (Å²) in [6, 6.07) is 6.88. The molecular weight excluding hydrogens is 700 g/mol. The number of aliphatic hydroxyl groups excluding tert-OH is 2. The van der Waals surface area contributed by atoms with Gasteiger partial charge in [0.2, 0.25) is 10.0 Å². The molecule has 18 heteroatoms. The topological polar surface area (TPSA) is 208 Å². The van der Waals surface area contributed by atoms with Gasteiger partial charge < -0.3 is 44.5 Å². The van der Waals surface area contributed by atoms with Gasteiger partial charge in [-0.2, -0.15) is 0 Å². The van der Waals surface area contributed by atoms with E-state index in [2.05, 4.69) is 15.4 Å². The molecule has 15 nitrogen and oxygen atoms in total. The van der Waals surface area contributed by atoms with Gasteiger partial charge in [-0.15, -0.1) is 0 Å². The molecule has 0 spiro atoms. The molecule has 0 saturated heterocycles. The van der Waals surface area contributed by atoms with Gasteiger partial charge in [0.25, 0.3) is 11.8 Å². The fourth-order valence-corrected chi connectivity index (χ4v) is 5.00. The number of hydrogen-bond donors (Lipinski definition) is 5. The summed E-state index contributed by atoms with van der Waals surface area (Å²) < 4.78 is 83.0. The molecule has 51 heavy (non-hydrogen) atoms. The zero-order valence-corrected chi connectivity index (χ0v) is 29.4. The molecule has 284 valence electrons. The van der Waals surface area contributed by atoms with Crippen LogP contribution in [0, 0.1) is 11.6 Å². The van der Waals surface area contributed by atoms with Crippen LogP contribution < -0.4 is 20.1 Å². The van der Waals surface area contributed by atoms with Gasteiger partial charge >= 0.3 is 5.97 Å². The number of carbonyl (C=O) groups is 3. The average Bonchev–Trinajstić information content (AvgIpc) is 3.10. The third-order valence-electron chi connectivity index (χ3n) is 6.57.